The van der Waals surface area contributed by atoms with Gasteiger partial charge in [0.15, 0.2) is 10.1 Å². The van der Waals surface area contributed by atoms with Crippen LogP contribution in [0.5, 0.6) is 11.5 Å². The molecule has 0 bridgehead atoms. The molecule has 26 heavy (non-hydrogen) atoms. The van der Waals surface area contributed by atoms with Crippen LogP contribution in [0.25, 0.3) is 0 Å². The van der Waals surface area contributed by atoms with Crippen LogP contribution in [0.4, 0.5) is 22.0 Å². The lowest BCUT2D eigenvalue weighted by Gasteiger charge is -2.31. The van der Waals surface area contributed by atoms with Crippen LogP contribution in [0.2, 0.25) is 0 Å². The maximum absolute atomic E-state index is 13.5. The summed E-state index contributed by atoms with van der Waals surface area (Å²) in [5.74, 6) is -0.400. The molecular formula is C13H12F5I2O5S-. The fraction of sp³-hybridized carbons (Fsp3) is 0.538. The Hall–Kier alpha value is -0.160. The van der Waals surface area contributed by atoms with Gasteiger partial charge in [0.2, 0.25) is 0 Å². The van der Waals surface area contributed by atoms with Gasteiger partial charge in [-0.05, 0) is 78.1 Å². The third-order valence-electron chi connectivity index (χ3n) is 2.57. The van der Waals surface area contributed by atoms with Gasteiger partial charge in [-0.2, -0.15) is 22.0 Å². The van der Waals surface area contributed by atoms with E-state index in [9.17, 15) is 34.9 Å². The van der Waals surface area contributed by atoms with Crippen molar-refractivity contribution in [1.29, 1.82) is 0 Å². The molecule has 1 rings (SSSR count). The van der Waals surface area contributed by atoms with E-state index < -0.39 is 39.0 Å². The van der Waals surface area contributed by atoms with E-state index in [2.05, 4.69) is 4.74 Å². The lowest BCUT2D eigenvalue weighted by Crippen LogP contribution is -2.53. The molecule has 0 radical (unpaired) electrons. The van der Waals surface area contributed by atoms with Crippen molar-refractivity contribution in [3.05, 3.63) is 19.3 Å². The Kier molecular flexibility index (Phi) is 7.06. The number of halogens is 7. The minimum absolute atomic E-state index is 0.244. The van der Waals surface area contributed by atoms with Gasteiger partial charge >= 0.3 is 11.4 Å². The molecule has 0 fully saturated rings. The number of hydrogen-bond acceptors (Lipinski definition) is 5. The van der Waals surface area contributed by atoms with E-state index in [-0.39, 0.29) is 12.9 Å². The molecule has 0 N–H and O–H groups in total. The van der Waals surface area contributed by atoms with E-state index in [0.29, 0.717) is 0 Å². The van der Waals surface area contributed by atoms with Crippen LogP contribution in [0.3, 0.4) is 0 Å². The van der Waals surface area contributed by atoms with Gasteiger partial charge in [-0.3, -0.25) is 0 Å². The molecule has 0 aromatic heterocycles. The third kappa shape index (κ3) is 5.92. The zero-order valence-corrected chi connectivity index (χ0v) is 18.5. The predicted molar refractivity (Wildman–Crippen MR) is 97.4 cm³/mol. The summed E-state index contributed by atoms with van der Waals surface area (Å²) in [6.07, 6.45) is -9.96. The van der Waals surface area contributed by atoms with Gasteiger partial charge < -0.3 is 14.0 Å². The summed E-state index contributed by atoms with van der Waals surface area (Å²) in [6, 6.07) is 1.94. The number of ether oxygens (including phenoxy) is 2. The van der Waals surface area contributed by atoms with Crippen LogP contribution >= 0.6 is 45.2 Å². The zero-order valence-electron chi connectivity index (χ0n) is 13.3. The molecule has 1 atom stereocenters. The quantitative estimate of drug-likeness (QED) is 0.272. The molecule has 0 saturated carbocycles. The van der Waals surface area contributed by atoms with Crippen molar-refractivity contribution in [3.63, 3.8) is 0 Å². The molecule has 0 saturated heterocycles. The summed E-state index contributed by atoms with van der Waals surface area (Å²) < 4.78 is 108. The normalized spacial score (nSPS) is 14.9. The highest BCUT2D eigenvalue weighted by molar-refractivity contribution is 14.1. The van der Waals surface area contributed by atoms with Crippen molar-refractivity contribution in [1.82, 2.24) is 0 Å². The van der Waals surface area contributed by atoms with Crippen molar-refractivity contribution >= 4 is 55.3 Å². The second kappa shape index (κ2) is 7.69. The van der Waals surface area contributed by atoms with Crippen molar-refractivity contribution in [3.8, 4) is 11.5 Å². The Morgan fingerprint density at radius 1 is 1.04 bits per heavy atom. The topological polar surface area (TPSA) is 75.7 Å². The van der Waals surface area contributed by atoms with Gasteiger partial charge in [-0.25, -0.2) is 8.42 Å². The van der Waals surface area contributed by atoms with Crippen LogP contribution in [0.15, 0.2) is 12.1 Å². The standard InChI is InChI=1S/C13H13F5I2O5S/c1-11(2,3)25-9-7(19)4-6(5-8(9)20)24-10(12(14,15)16)13(17,18)26(21,22)23/h4-5,10H,1-3H3,(H,21,22,23)/p-1. The molecule has 0 aliphatic carbocycles. The summed E-state index contributed by atoms with van der Waals surface area (Å²) in [5, 5.41) is -5.71. The number of hydrogen-bond donors (Lipinski definition) is 0. The van der Waals surface area contributed by atoms with Crippen LogP contribution in [0, 0.1) is 7.14 Å². The van der Waals surface area contributed by atoms with E-state index >= 15 is 0 Å². The minimum atomic E-state index is -6.61. The molecule has 1 unspecified atom stereocenters. The van der Waals surface area contributed by atoms with E-state index in [1.807, 2.05) is 0 Å². The molecule has 1 aromatic rings. The predicted octanol–water partition coefficient (Wildman–Crippen LogP) is 4.52. The minimum Gasteiger partial charge on any atom is -0.743 e. The molecule has 5 nitrogen and oxygen atoms in total. The van der Waals surface area contributed by atoms with Gasteiger partial charge in [-0.1, -0.05) is 0 Å². The van der Waals surface area contributed by atoms with Crippen molar-refractivity contribution in [2.75, 3.05) is 0 Å². The number of benzene rings is 1. The summed E-state index contributed by atoms with van der Waals surface area (Å²) in [7, 11) is -6.61. The smallest absolute Gasteiger partial charge is 0.432 e. The van der Waals surface area contributed by atoms with Crippen molar-refractivity contribution in [2.24, 2.45) is 0 Å². The summed E-state index contributed by atoms with van der Waals surface area (Å²) in [5.41, 5.74) is -0.639. The Labute approximate surface area is 173 Å². The Balaban J connectivity index is 3.34. The fourth-order valence-electron chi connectivity index (χ4n) is 1.60. The molecular weight excluding hydrogens is 617 g/mol. The van der Waals surface area contributed by atoms with Gasteiger partial charge in [0.05, 0.1) is 7.14 Å². The van der Waals surface area contributed by atoms with Crippen molar-refractivity contribution in [2.45, 2.75) is 43.9 Å². The zero-order chi connectivity index (χ0) is 20.7. The Morgan fingerprint density at radius 3 is 1.77 bits per heavy atom. The van der Waals surface area contributed by atoms with E-state index in [0.717, 1.165) is 12.1 Å². The Bertz CT molecular complexity index is 751. The number of alkyl halides is 5. The second-order valence-electron chi connectivity index (χ2n) is 5.99. The monoisotopic (exact) mass is 629 g/mol. The maximum Gasteiger partial charge on any atom is 0.432 e. The Morgan fingerprint density at radius 2 is 1.46 bits per heavy atom. The van der Waals surface area contributed by atoms with E-state index in [4.69, 9.17) is 4.74 Å². The molecule has 0 heterocycles. The molecule has 13 heteroatoms. The molecule has 1 aromatic carbocycles. The van der Waals surface area contributed by atoms with Crippen LogP contribution in [0.1, 0.15) is 20.8 Å². The molecule has 0 spiro atoms. The molecule has 0 aliphatic heterocycles. The third-order valence-corrected chi connectivity index (χ3v) is 5.05. The maximum atomic E-state index is 13.5. The highest BCUT2D eigenvalue weighted by Crippen LogP contribution is 2.40. The highest BCUT2D eigenvalue weighted by Gasteiger charge is 2.62. The largest absolute Gasteiger partial charge is 0.743 e. The lowest BCUT2D eigenvalue weighted by atomic mass is 10.2. The lowest BCUT2D eigenvalue weighted by molar-refractivity contribution is -0.239. The van der Waals surface area contributed by atoms with Gasteiger partial charge in [0.1, 0.15) is 17.1 Å². The summed E-state index contributed by atoms with van der Waals surface area (Å²) in [6.45, 7) is 5.18. The molecule has 0 amide bonds. The van der Waals surface area contributed by atoms with Gasteiger partial charge in [0, 0.05) is 0 Å². The summed E-state index contributed by atoms with van der Waals surface area (Å²) >= 11 is 3.40. The van der Waals surface area contributed by atoms with Crippen LogP contribution in [-0.4, -0.2) is 36.1 Å². The summed E-state index contributed by atoms with van der Waals surface area (Å²) in [4.78, 5) is 0. The molecule has 0 aliphatic rings. The van der Waals surface area contributed by atoms with E-state index in [1.54, 1.807) is 66.0 Å². The first-order chi connectivity index (χ1) is 11.4. The van der Waals surface area contributed by atoms with Crippen LogP contribution in [-0.2, 0) is 10.1 Å². The van der Waals surface area contributed by atoms with Crippen molar-refractivity contribution < 1.29 is 44.4 Å². The average molecular weight is 629 g/mol. The first-order valence-electron chi connectivity index (χ1n) is 6.61. The highest BCUT2D eigenvalue weighted by atomic mass is 127. The second-order valence-corrected chi connectivity index (χ2v) is 9.76. The SMILES string of the molecule is CC(C)(C)Oc1c(I)cc(OC(C(F)(F)F)C(F)(F)S(=O)(=O)[O-])cc1I. The van der Waals surface area contributed by atoms with Crippen LogP contribution < -0.4 is 9.47 Å². The number of rotatable bonds is 5. The van der Waals surface area contributed by atoms with E-state index in [1.165, 1.54) is 0 Å². The van der Waals surface area contributed by atoms with Gasteiger partial charge in [0.25, 0.3) is 6.10 Å². The first-order valence-corrected chi connectivity index (χ1v) is 10.2. The average Bonchev–Trinajstić information content (AvgIpc) is 2.36. The first kappa shape index (κ1) is 23.9. The van der Waals surface area contributed by atoms with Gasteiger partial charge in [-0.15, -0.1) is 0 Å². The molecule has 150 valence electrons. The fourth-order valence-corrected chi connectivity index (χ4v) is 3.98.